The quantitative estimate of drug-likeness (QED) is 0.398. The highest BCUT2D eigenvalue weighted by Gasteiger charge is 2.30. The van der Waals surface area contributed by atoms with Crippen molar-refractivity contribution in [3.8, 4) is 11.3 Å². The molecule has 0 bridgehead atoms. The highest BCUT2D eigenvalue weighted by Crippen LogP contribution is 2.34. The first-order chi connectivity index (χ1) is 16.5. The number of carbonyl (C=O) groups excluding carboxylic acids is 1. The van der Waals surface area contributed by atoms with E-state index in [0.29, 0.717) is 23.1 Å². The van der Waals surface area contributed by atoms with Crippen molar-refractivity contribution in [2.45, 2.75) is 18.2 Å². The fourth-order valence-electron chi connectivity index (χ4n) is 4.77. The summed E-state index contributed by atoms with van der Waals surface area (Å²) in [6.07, 6.45) is 4.68. The average molecular weight is 463 g/mol. The summed E-state index contributed by atoms with van der Waals surface area (Å²) >= 11 is 0. The van der Waals surface area contributed by atoms with Gasteiger partial charge in [-0.3, -0.25) is 4.79 Å². The maximum atomic E-state index is 13.0. The highest BCUT2D eigenvalue weighted by molar-refractivity contribution is 6.01. The predicted octanol–water partition coefficient (Wildman–Crippen LogP) is 0.764. The summed E-state index contributed by atoms with van der Waals surface area (Å²) in [6, 6.07) is 5.80. The molecule has 2 fully saturated rings. The molecule has 11 nitrogen and oxygen atoms in total. The Morgan fingerprint density at radius 2 is 2.12 bits per heavy atom. The number of amides is 1. The van der Waals surface area contributed by atoms with E-state index < -0.39 is 12.1 Å². The van der Waals surface area contributed by atoms with Gasteiger partial charge < -0.3 is 29.9 Å². The van der Waals surface area contributed by atoms with Crippen LogP contribution in [0.3, 0.4) is 0 Å². The lowest BCUT2D eigenvalue weighted by molar-refractivity contribution is 0.0888. The number of likely N-dealkylation sites (N-methyl/N-ethyl adjacent to an activating group) is 1. The van der Waals surface area contributed by atoms with E-state index in [4.69, 9.17) is 9.72 Å². The first kappa shape index (κ1) is 21.0. The highest BCUT2D eigenvalue weighted by atomic mass is 16.5. The van der Waals surface area contributed by atoms with Gasteiger partial charge in [0.15, 0.2) is 5.65 Å². The summed E-state index contributed by atoms with van der Waals surface area (Å²) in [5.41, 5.74) is 3.36. The van der Waals surface area contributed by atoms with E-state index in [1.54, 1.807) is 17.8 Å². The van der Waals surface area contributed by atoms with Crippen LogP contribution in [0.2, 0.25) is 0 Å². The summed E-state index contributed by atoms with van der Waals surface area (Å²) in [5.74, 6) is 0.356. The molecule has 176 valence electrons. The number of aliphatic hydroxyl groups is 1. The number of carbonyl (C=O) groups is 1. The Morgan fingerprint density at radius 1 is 1.26 bits per heavy atom. The molecule has 0 aliphatic carbocycles. The van der Waals surface area contributed by atoms with E-state index in [-0.39, 0.29) is 19.1 Å². The minimum Gasteiger partial charge on any atom is -0.388 e. The van der Waals surface area contributed by atoms with E-state index in [1.165, 1.54) is 6.20 Å². The molecule has 0 radical (unpaired) electrons. The van der Waals surface area contributed by atoms with E-state index >= 15 is 0 Å². The van der Waals surface area contributed by atoms with Gasteiger partial charge in [-0.25, -0.2) is 9.97 Å². The lowest BCUT2D eigenvalue weighted by Crippen LogP contribution is -2.44. The molecule has 11 heteroatoms. The Hall–Kier alpha value is -3.54. The minimum atomic E-state index is -0.730. The van der Waals surface area contributed by atoms with Gasteiger partial charge in [-0.2, -0.15) is 9.61 Å². The van der Waals surface area contributed by atoms with Crippen molar-refractivity contribution >= 4 is 28.4 Å². The third-order valence-electron chi connectivity index (χ3n) is 6.64. The molecular weight excluding hydrogens is 436 g/mol. The number of hydrogen-bond acceptors (Lipinski definition) is 8. The number of aromatic nitrogens is 5. The van der Waals surface area contributed by atoms with Crippen molar-refractivity contribution < 1.29 is 14.6 Å². The van der Waals surface area contributed by atoms with Crippen molar-refractivity contribution in [2.24, 2.45) is 0 Å². The van der Waals surface area contributed by atoms with Gasteiger partial charge >= 0.3 is 0 Å². The monoisotopic (exact) mass is 462 g/mol. The van der Waals surface area contributed by atoms with Crippen LogP contribution >= 0.6 is 0 Å². The minimum absolute atomic E-state index is 0.209. The third-order valence-corrected chi connectivity index (χ3v) is 6.64. The van der Waals surface area contributed by atoms with Crippen LogP contribution in [0.5, 0.6) is 0 Å². The van der Waals surface area contributed by atoms with Crippen LogP contribution in [0, 0.1) is 0 Å². The van der Waals surface area contributed by atoms with Gasteiger partial charge in [0, 0.05) is 49.5 Å². The Bertz CT molecular complexity index is 1390. The lowest BCUT2D eigenvalue weighted by atomic mass is 10.1. The molecule has 6 rings (SSSR count). The van der Waals surface area contributed by atoms with Crippen LogP contribution < -0.4 is 10.6 Å². The molecule has 1 amide bonds. The molecule has 0 aromatic carbocycles. The van der Waals surface area contributed by atoms with Crippen molar-refractivity contribution in [2.75, 3.05) is 45.7 Å². The van der Waals surface area contributed by atoms with Gasteiger partial charge in [-0.15, -0.1) is 0 Å². The number of rotatable bonds is 5. The van der Waals surface area contributed by atoms with Gasteiger partial charge in [0.25, 0.3) is 5.91 Å². The van der Waals surface area contributed by atoms with E-state index in [0.717, 1.165) is 35.4 Å². The molecule has 34 heavy (non-hydrogen) atoms. The van der Waals surface area contributed by atoms with E-state index in [9.17, 15) is 9.90 Å². The molecule has 6 heterocycles. The van der Waals surface area contributed by atoms with Crippen molar-refractivity contribution in [1.82, 2.24) is 34.4 Å². The number of nitrogens with one attached hydrogen (secondary N) is 2. The van der Waals surface area contributed by atoms with Crippen molar-refractivity contribution in [3.05, 3.63) is 42.4 Å². The smallest absolute Gasteiger partial charge is 0.257 e. The van der Waals surface area contributed by atoms with Crippen LogP contribution in [0.1, 0.15) is 16.4 Å². The molecule has 2 unspecified atom stereocenters. The number of anilines is 1. The maximum absolute atomic E-state index is 13.0. The molecule has 2 aliphatic heterocycles. The molecular formula is C23H26N8O3. The number of likely N-dealkylation sites (tertiary alicyclic amines) is 1. The molecule has 0 spiro atoms. The molecule has 2 atom stereocenters. The van der Waals surface area contributed by atoms with Gasteiger partial charge in [0.05, 0.1) is 43.3 Å². The second kappa shape index (κ2) is 8.05. The number of fused-ring (bicyclic) bond motifs is 2. The summed E-state index contributed by atoms with van der Waals surface area (Å²) in [7, 11) is 3.91. The second-order valence-electron chi connectivity index (χ2n) is 8.95. The Balaban J connectivity index is 1.45. The lowest BCUT2D eigenvalue weighted by Gasteiger charge is -2.37. The van der Waals surface area contributed by atoms with Crippen molar-refractivity contribution in [3.63, 3.8) is 0 Å². The van der Waals surface area contributed by atoms with E-state index in [2.05, 4.69) is 43.4 Å². The Kier molecular flexibility index (Phi) is 4.97. The molecule has 2 saturated heterocycles. The summed E-state index contributed by atoms with van der Waals surface area (Å²) < 4.78 is 9.08. The number of pyridine rings is 1. The topological polar surface area (TPSA) is 122 Å². The molecule has 3 N–H and O–H groups in total. The summed E-state index contributed by atoms with van der Waals surface area (Å²) in [5, 5.41) is 21.4. The average Bonchev–Trinajstić information content (AvgIpc) is 3.53. The predicted molar refractivity (Wildman–Crippen MR) is 126 cm³/mol. The molecule has 0 saturated carbocycles. The second-order valence-corrected chi connectivity index (χ2v) is 8.95. The van der Waals surface area contributed by atoms with E-state index in [1.807, 2.05) is 18.2 Å². The Morgan fingerprint density at radius 3 is 2.85 bits per heavy atom. The SMILES string of the molecule is CNc1cc(-c2cn(C3CN(C)C3)c3ncccc23)nc2c(C(=O)NC3COCC3O)cnn12. The Labute approximate surface area is 195 Å². The van der Waals surface area contributed by atoms with Crippen molar-refractivity contribution in [1.29, 1.82) is 0 Å². The standard InChI is InChI=1S/C23H26N8O3/c1-24-20-6-17(16-10-30(13-8-29(2)9-13)21-14(16)4-3-5-25-21)27-22-15(7-26-31(20)22)23(33)28-18-11-34-12-19(18)32/h3-7,10,13,18-19,24,32H,8-9,11-12H2,1-2H3,(H,28,33). The zero-order chi connectivity index (χ0) is 23.4. The maximum Gasteiger partial charge on any atom is 0.257 e. The van der Waals surface area contributed by atoms with Gasteiger partial charge in [-0.1, -0.05) is 0 Å². The zero-order valence-electron chi connectivity index (χ0n) is 19.0. The first-order valence-electron chi connectivity index (χ1n) is 11.3. The molecule has 4 aromatic heterocycles. The normalized spacial score (nSPS) is 21.3. The van der Waals surface area contributed by atoms with Gasteiger partial charge in [0.2, 0.25) is 0 Å². The molecule has 2 aliphatic rings. The molecule has 4 aromatic rings. The first-order valence-corrected chi connectivity index (χ1v) is 11.3. The van der Waals surface area contributed by atoms with Gasteiger partial charge in [0.1, 0.15) is 17.0 Å². The summed E-state index contributed by atoms with van der Waals surface area (Å²) in [4.78, 5) is 24.8. The number of aliphatic hydroxyl groups excluding tert-OH is 1. The largest absolute Gasteiger partial charge is 0.388 e. The van der Waals surface area contributed by atoms with Crippen LogP contribution in [-0.4, -0.2) is 92.6 Å². The fourth-order valence-corrected chi connectivity index (χ4v) is 4.77. The fraction of sp³-hybridized carbons (Fsp3) is 0.391. The van der Waals surface area contributed by atoms with Crippen LogP contribution in [0.25, 0.3) is 27.9 Å². The zero-order valence-corrected chi connectivity index (χ0v) is 19.0. The summed E-state index contributed by atoms with van der Waals surface area (Å²) in [6.45, 7) is 2.42. The van der Waals surface area contributed by atoms with Crippen LogP contribution in [-0.2, 0) is 4.74 Å². The number of ether oxygens (including phenoxy) is 1. The number of hydrogen-bond donors (Lipinski definition) is 3. The van der Waals surface area contributed by atoms with Gasteiger partial charge in [-0.05, 0) is 19.2 Å². The third kappa shape index (κ3) is 3.31. The number of nitrogens with zero attached hydrogens (tertiary/aromatic N) is 6. The van der Waals surface area contributed by atoms with Crippen LogP contribution in [0.15, 0.2) is 36.8 Å². The van der Waals surface area contributed by atoms with Crippen LogP contribution in [0.4, 0.5) is 5.82 Å².